The second kappa shape index (κ2) is 5.60. The van der Waals surface area contributed by atoms with Crippen LogP contribution < -0.4 is 4.74 Å². The number of rotatable bonds is 2. The second-order valence-corrected chi connectivity index (χ2v) is 7.01. The summed E-state index contributed by atoms with van der Waals surface area (Å²) in [5.74, 6) is 1.69. The van der Waals surface area contributed by atoms with Gasteiger partial charge in [0, 0.05) is 33.4 Å². The number of benzene rings is 4. The summed E-state index contributed by atoms with van der Waals surface area (Å²) in [6.45, 7) is 0. The molecular weight excluding hydrogens is 346 g/mol. The topological polar surface area (TPSA) is 53.7 Å². The van der Waals surface area contributed by atoms with E-state index < -0.39 is 0 Å². The number of nitrogens with zero attached hydrogens (tertiary/aromatic N) is 1. The Kier molecular flexibility index (Phi) is 3.06. The summed E-state index contributed by atoms with van der Waals surface area (Å²) in [5, 5.41) is 5.90. The molecule has 0 unspecified atom stereocenters. The van der Waals surface area contributed by atoms with Gasteiger partial charge in [-0.2, -0.15) is 0 Å². The standard InChI is InChI=1S/C24H17N3O/c1-28-14-10-11-21-19(12-14)20(13-25-21)24-26-22-17-8-4-2-6-15(17)16-7-3-5-9-18(16)23(22)27-24/h2-13,25H,1H3,(H,26,27). The van der Waals surface area contributed by atoms with Gasteiger partial charge >= 0.3 is 0 Å². The van der Waals surface area contributed by atoms with Crippen LogP contribution >= 0.6 is 0 Å². The van der Waals surface area contributed by atoms with Gasteiger partial charge < -0.3 is 14.7 Å². The van der Waals surface area contributed by atoms with Crippen molar-refractivity contribution >= 4 is 43.5 Å². The quantitative estimate of drug-likeness (QED) is 0.369. The average Bonchev–Trinajstić information content (AvgIpc) is 3.38. The Balaban J connectivity index is 1.73. The highest BCUT2D eigenvalue weighted by molar-refractivity contribution is 6.23. The van der Waals surface area contributed by atoms with Crippen LogP contribution in [-0.2, 0) is 0 Å². The summed E-state index contributed by atoms with van der Waals surface area (Å²) < 4.78 is 5.41. The third kappa shape index (κ3) is 2.03. The van der Waals surface area contributed by atoms with E-state index in [0.717, 1.165) is 44.5 Å². The molecule has 0 saturated carbocycles. The van der Waals surface area contributed by atoms with Crippen LogP contribution in [0.2, 0.25) is 0 Å². The number of H-pyrrole nitrogens is 2. The van der Waals surface area contributed by atoms with E-state index >= 15 is 0 Å². The fraction of sp³-hybridized carbons (Fsp3) is 0.0417. The highest BCUT2D eigenvalue weighted by Gasteiger charge is 2.15. The predicted octanol–water partition coefficient (Wildman–Crippen LogP) is 6.03. The lowest BCUT2D eigenvalue weighted by Crippen LogP contribution is -1.82. The van der Waals surface area contributed by atoms with Crippen LogP contribution in [0.4, 0.5) is 0 Å². The monoisotopic (exact) mass is 363 g/mol. The molecule has 6 rings (SSSR count). The van der Waals surface area contributed by atoms with Crippen molar-refractivity contribution in [3.05, 3.63) is 72.9 Å². The molecule has 2 N–H and O–H groups in total. The second-order valence-electron chi connectivity index (χ2n) is 7.01. The molecule has 134 valence electrons. The van der Waals surface area contributed by atoms with Gasteiger partial charge in [-0.15, -0.1) is 0 Å². The molecule has 4 heteroatoms. The number of nitrogens with one attached hydrogen (secondary N) is 2. The number of aromatic nitrogens is 3. The summed E-state index contributed by atoms with van der Waals surface area (Å²) >= 11 is 0. The van der Waals surface area contributed by atoms with Crippen LogP contribution in [0.3, 0.4) is 0 Å². The number of methoxy groups -OCH3 is 1. The van der Waals surface area contributed by atoms with Gasteiger partial charge in [-0.3, -0.25) is 0 Å². The molecule has 0 saturated heterocycles. The number of hydrogen-bond donors (Lipinski definition) is 2. The normalized spacial score (nSPS) is 11.8. The first-order chi connectivity index (χ1) is 13.8. The molecule has 0 radical (unpaired) electrons. The molecule has 0 aliphatic carbocycles. The van der Waals surface area contributed by atoms with Gasteiger partial charge in [0.1, 0.15) is 11.6 Å². The molecule has 6 aromatic rings. The van der Waals surface area contributed by atoms with Gasteiger partial charge in [0.15, 0.2) is 0 Å². The third-order valence-corrected chi connectivity index (χ3v) is 5.52. The zero-order valence-electron chi connectivity index (χ0n) is 15.3. The van der Waals surface area contributed by atoms with Gasteiger partial charge in [0.05, 0.1) is 18.1 Å². The van der Waals surface area contributed by atoms with Gasteiger partial charge in [-0.25, -0.2) is 4.98 Å². The molecule has 2 aromatic heterocycles. The summed E-state index contributed by atoms with van der Waals surface area (Å²) in [6.07, 6.45) is 2.01. The van der Waals surface area contributed by atoms with E-state index in [1.807, 2.05) is 24.4 Å². The van der Waals surface area contributed by atoms with Gasteiger partial charge in [0.25, 0.3) is 0 Å². The molecular formula is C24H17N3O. The molecule has 0 aliphatic rings. The number of ether oxygens (including phenoxy) is 1. The van der Waals surface area contributed by atoms with E-state index in [2.05, 4.69) is 58.5 Å². The van der Waals surface area contributed by atoms with Crippen molar-refractivity contribution in [2.75, 3.05) is 7.11 Å². The number of fused-ring (bicyclic) bond motifs is 7. The highest BCUT2D eigenvalue weighted by Crippen LogP contribution is 2.37. The van der Waals surface area contributed by atoms with Crippen molar-refractivity contribution < 1.29 is 4.74 Å². The summed E-state index contributed by atoms with van der Waals surface area (Å²) in [7, 11) is 1.69. The van der Waals surface area contributed by atoms with Gasteiger partial charge in [-0.1, -0.05) is 48.5 Å². The van der Waals surface area contributed by atoms with Crippen molar-refractivity contribution in [2.24, 2.45) is 0 Å². The van der Waals surface area contributed by atoms with Crippen LogP contribution in [0.5, 0.6) is 5.75 Å². The minimum atomic E-state index is 0.834. The first kappa shape index (κ1) is 15.3. The Morgan fingerprint density at radius 1 is 0.786 bits per heavy atom. The Morgan fingerprint density at radius 3 is 2.29 bits per heavy atom. The van der Waals surface area contributed by atoms with Crippen molar-refractivity contribution in [3.8, 4) is 17.1 Å². The van der Waals surface area contributed by atoms with Crippen LogP contribution in [0.15, 0.2) is 72.9 Å². The van der Waals surface area contributed by atoms with E-state index in [-0.39, 0.29) is 0 Å². The van der Waals surface area contributed by atoms with E-state index in [4.69, 9.17) is 9.72 Å². The molecule has 0 spiro atoms. The van der Waals surface area contributed by atoms with Crippen molar-refractivity contribution in [1.82, 2.24) is 15.0 Å². The van der Waals surface area contributed by atoms with Crippen LogP contribution in [0, 0.1) is 0 Å². The van der Waals surface area contributed by atoms with Gasteiger partial charge in [-0.05, 0) is 29.0 Å². The summed E-state index contributed by atoms with van der Waals surface area (Å²) in [4.78, 5) is 12.0. The minimum Gasteiger partial charge on any atom is -0.497 e. The average molecular weight is 363 g/mol. The fourth-order valence-corrected chi connectivity index (χ4v) is 4.17. The van der Waals surface area contributed by atoms with Crippen LogP contribution in [-0.4, -0.2) is 22.1 Å². The van der Waals surface area contributed by atoms with E-state index in [9.17, 15) is 0 Å². The lowest BCUT2D eigenvalue weighted by atomic mass is 10.0. The Morgan fingerprint density at radius 2 is 1.50 bits per heavy atom. The van der Waals surface area contributed by atoms with E-state index in [1.54, 1.807) is 7.11 Å². The molecule has 0 amide bonds. The summed E-state index contributed by atoms with van der Waals surface area (Å²) in [5.41, 5.74) is 4.17. The SMILES string of the molecule is COc1ccc2[nH]cc(-c3nc4c5ccccc5c5ccccc5c4[nH]3)c2c1. The molecule has 0 fully saturated rings. The predicted molar refractivity (Wildman–Crippen MR) is 115 cm³/mol. The smallest absolute Gasteiger partial charge is 0.140 e. The zero-order valence-corrected chi connectivity index (χ0v) is 15.3. The van der Waals surface area contributed by atoms with Crippen LogP contribution in [0.1, 0.15) is 0 Å². The van der Waals surface area contributed by atoms with E-state index in [0.29, 0.717) is 0 Å². The first-order valence-electron chi connectivity index (χ1n) is 9.28. The lowest BCUT2D eigenvalue weighted by molar-refractivity contribution is 0.415. The fourth-order valence-electron chi connectivity index (χ4n) is 4.17. The summed E-state index contributed by atoms with van der Waals surface area (Å²) in [6, 6.07) is 23.0. The molecule has 4 aromatic carbocycles. The maximum atomic E-state index is 5.41. The zero-order chi connectivity index (χ0) is 18.7. The number of aromatic amines is 2. The molecule has 28 heavy (non-hydrogen) atoms. The molecule has 0 atom stereocenters. The minimum absolute atomic E-state index is 0.834. The Bertz CT molecular complexity index is 1430. The van der Waals surface area contributed by atoms with Gasteiger partial charge in [0.2, 0.25) is 0 Å². The molecule has 0 aliphatic heterocycles. The first-order valence-corrected chi connectivity index (χ1v) is 9.28. The molecule has 2 heterocycles. The maximum absolute atomic E-state index is 5.41. The Hall–Kier alpha value is -3.79. The number of imidazole rings is 1. The molecule has 0 bridgehead atoms. The third-order valence-electron chi connectivity index (χ3n) is 5.52. The number of hydrogen-bond acceptors (Lipinski definition) is 2. The lowest BCUT2D eigenvalue weighted by Gasteiger charge is -2.05. The molecule has 4 nitrogen and oxygen atoms in total. The largest absolute Gasteiger partial charge is 0.497 e. The maximum Gasteiger partial charge on any atom is 0.140 e. The highest BCUT2D eigenvalue weighted by atomic mass is 16.5. The Labute approximate surface area is 160 Å². The van der Waals surface area contributed by atoms with Crippen LogP contribution in [0.25, 0.3) is 54.9 Å². The van der Waals surface area contributed by atoms with Crippen molar-refractivity contribution in [3.63, 3.8) is 0 Å². The van der Waals surface area contributed by atoms with E-state index in [1.165, 1.54) is 16.2 Å². The van der Waals surface area contributed by atoms with Crippen molar-refractivity contribution in [2.45, 2.75) is 0 Å². The van der Waals surface area contributed by atoms with Crippen molar-refractivity contribution in [1.29, 1.82) is 0 Å².